The summed E-state index contributed by atoms with van der Waals surface area (Å²) in [6.45, 7) is 5.10. The van der Waals surface area contributed by atoms with Gasteiger partial charge in [-0.1, -0.05) is 17.7 Å². The number of amides is 2. The summed E-state index contributed by atoms with van der Waals surface area (Å²) >= 11 is 0. The highest BCUT2D eigenvalue weighted by molar-refractivity contribution is 6.12. The molecule has 0 atom stereocenters. The maximum atomic E-state index is 12.3. The highest BCUT2D eigenvalue weighted by Gasteiger charge is 2.29. The number of carbonyl (C=O) groups excluding carboxylic acids is 3. The number of aryl methyl sites for hydroxylation is 2. The summed E-state index contributed by atoms with van der Waals surface area (Å²) < 4.78 is 10.3. The number of esters is 1. The Labute approximate surface area is 138 Å². The van der Waals surface area contributed by atoms with Gasteiger partial charge in [-0.25, -0.2) is 4.79 Å². The van der Waals surface area contributed by atoms with Gasteiger partial charge in [-0.2, -0.15) is 0 Å². The lowest BCUT2D eigenvalue weighted by molar-refractivity contribution is 0.0521. The molecule has 2 rings (SSSR count). The monoisotopic (exact) mass is 330 g/mol. The molecule has 0 saturated carbocycles. The Morgan fingerprint density at radius 2 is 1.92 bits per heavy atom. The summed E-state index contributed by atoms with van der Waals surface area (Å²) in [6, 6.07) is 6.88. The Morgan fingerprint density at radius 1 is 1.21 bits per heavy atom. The number of nitrogens with one attached hydrogen (secondary N) is 1. The highest BCUT2D eigenvalue weighted by atomic mass is 16.5. The number of benzene rings is 1. The molecule has 0 unspecified atom stereocenters. The molecule has 3 N–H and O–H groups in total. The second-order valence-corrected chi connectivity index (χ2v) is 5.15. The predicted molar refractivity (Wildman–Crippen MR) is 87.1 cm³/mol. The first-order valence-corrected chi connectivity index (χ1v) is 7.33. The van der Waals surface area contributed by atoms with Gasteiger partial charge in [0.2, 0.25) is 5.88 Å². The molecular weight excluding hydrogens is 312 g/mol. The molecule has 7 nitrogen and oxygen atoms in total. The summed E-state index contributed by atoms with van der Waals surface area (Å²) in [6.07, 6.45) is 0. The fourth-order valence-electron chi connectivity index (χ4n) is 2.28. The third-order valence-corrected chi connectivity index (χ3v) is 3.32. The molecule has 0 saturated heterocycles. The van der Waals surface area contributed by atoms with E-state index in [-0.39, 0.29) is 29.4 Å². The van der Waals surface area contributed by atoms with Crippen LogP contribution in [0.3, 0.4) is 0 Å². The second-order valence-electron chi connectivity index (χ2n) is 5.15. The van der Waals surface area contributed by atoms with Gasteiger partial charge in [-0.05, 0) is 32.9 Å². The van der Waals surface area contributed by atoms with Crippen molar-refractivity contribution in [2.45, 2.75) is 20.8 Å². The van der Waals surface area contributed by atoms with E-state index in [0.717, 1.165) is 5.56 Å². The Hall–Kier alpha value is -3.09. The van der Waals surface area contributed by atoms with Gasteiger partial charge in [0.1, 0.15) is 16.9 Å². The molecule has 1 aromatic heterocycles. The van der Waals surface area contributed by atoms with Crippen LogP contribution in [0.1, 0.15) is 49.3 Å². The fraction of sp³-hybridized carbons (Fsp3) is 0.235. The van der Waals surface area contributed by atoms with Gasteiger partial charge in [0.25, 0.3) is 11.8 Å². The standard InChI is InChI=1S/C17H18N2O5/c1-4-23-17(22)12-10(3)24-16(13(12)14(18)20)19-15(21)11-7-5-6-9(2)8-11/h5-8H,4H2,1-3H3,(H2,18,20)(H,19,21). The molecule has 0 spiro atoms. The second kappa shape index (κ2) is 6.99. The Kier molecular flexibility index (Phi) is 5.03. The number of hydrogen-bond donors (Lipinski definition) is 2. The van der Waals surface area contributed by atoms with Crippen LogP contribution >= 0.6 is 0 Å². The van der Waals surface area contributed by atoms with Gasteiger partial charge in [0.05, 0.1) is 6.61 Å². The van der Waals surface area contributed by atoms with Crippen LogP contribution in [0.25, 0.3) is 0 Å². The van der Waals surface area contributed by atoms with Crippen molar-refractivity contribution in [3.05, 3.63) is 52.3 Å². The third kappa shape index (κ3) is 3.45. The molecule has 2 amide bonds. The zero-order valence-electron chi connectivity index (χ0n) is 13.6. The average molecular weight is 330 g/mol. The van der Waals surface area contributed by atoms with Gasteiger partial charge in [0.15, 0.2) is 0 Å². The Morgan fingerprint density at radius 3 is 2.50 bits per heavy atom. The predicted octanol–water partition coefficient (Wildman–Crippen LogP) is 2.42. The number of nitrogens with two attached hydrogens (primary N) is 1. The maximum Gasteiger partial charge on any atom is 0.342 e. The molecule has 126 valence electrons. The number of carbonyl (C=O) groups is 3. The minimum absolute atomic E-state index is 0.0797. The summed E-state index contributed by atoms with van der Waals surface area (Å²) in [5.74, 6) is -2.14. The Bertz CT molecular complexity index is 807. The first-order valence-electron chi connectivity index (χ1n) is 7.33. The van der Waals surface area contributed by atoms with Crippen molar-refractivity contribution in [1.29, 1.82) is 0 Å². The number of ether oxygens (including phenoxy) is 1. The van der Waals surface area contributed by atoms with Gasteiger partial charge >= 0.3 is 5.97 Å². The number of anilines is 1. The van der Waals surface area contributed by atoms with Crippen LogP contribution in [0, 0.1) is 13.8 Å². The van der Waals surface area contributed by atoms with Crippen molar-refractivity contribution in [2.24, 2.45) is 5.73 Å². The molecule has 2 aromatic rings. The number of rotatable bonds is 5. The summed E-state index contributed by atoms with van der Waals surface area (Å²) in [5.41, 5.74) is 6.35. The van der Waals surface area contributed by atoms with Crippen molar-refractivity contribution >= 4 is 23.7 Å². The Balaban J connectivity index is 2.40. The van der Waals surface area contributed by atoms with E-state index in [9.17, 15) is 14.4 Å². The van der Waals surface area contributed by atoms with E-state index in [2.05, 4.69) is 5.32 Å². The third-order valence-electron chi connectivity index (χ3n) is 3.32. The molecule has 0 radical (unpaired) electrons. The summed E-state index contributed by atoms with van der Waals surface area (Å²) in [7, 11) is 0. The molecule has 0 fully saturated rings. The van der Waals surface area contributed by atoms with Crippen molar-refractivity contribution < 1.29 is 23.5 Å². The molecule has 7 heteroatoms. The summed E-state index contributed by atoms with van der Waals surface area (Å²) in [5, 5.41) is 2.48. The quantitative estimate of drug-likeness (QED) is 0.818. The molecular formula is C17H18N2O5. The van der Waals surface area contributed by atoms with E-state index in [1.807, 2.05) is 13.0 Å². The topological polar surface area (TPSA) is 112 Å². The van der Waals surface area contributed by atoms with E-state index in [1.54, 1.807) is 25.1 Å². The molecule has 0 bridgehead atoms. The minimum atomic E-state index is -0.894. The molecule has 0 aliphatic rings. The van der Waals surface area contributed by atoms with Crippen LogP contribution in [0.2, 0.25) is 0 Å². The molecule has 1 heterocycles. The number of hydrogen-bond acceptors (Lipinski definition) is 5. The van der Waals surface area contributed by atoms with E-state index < -0.39 is 17.8 Å². The van der Waals surface area contributed by atoms with Crippen LogP contribution in [-0.2, 0) is 4.74 Å². The number of furan rings is 1. The van der Waals surface area contributed by atoms with Crippen LogP contribution in [0.4, 0.5) is 5.88 Å². The molecule has 24 heavy (non-hydrogen) atoms. The molecule has 0 aliphatic heterocycles. The van der Waals surface area contributed by atoms with E-state index in [4.69, 9.17) is 14.9 Å². The van der Waals surface area contributed by atoms with Crippen LogP contribution in [-0.4, -0.2) is 24.4 Å². The lowest BCUT2D eigenvalue weighted by atomic mass is 10.1. The lowest BCUT2D eigenvalue weighted by Gasteiger charge is -2.05. The van der Waals surface area contributed by atoms with E-state index >= 15 is 0 Å². The van der Waals surface area contributed by atoms with Gasteiger partial charge < -0.3 is 14.9 Å². The minimum Gasteiger partial charge on any atom is -0.462 e. The largest absolute Gasteiger partial charge is 0.462 e. The SMILES string of the molecule is CCOC(=O)c1c(C)oc(NC(=O)c2cccc(C)c2)c1C(N)=O. The van der Waals surface area contributed by atoms with Gasteiger partial charge in [-0.15, -0.1) is 0 Å². The van der Waals surface area contributed by atoms with Gasteiger partial charge in [0, 0.05) is 5.56 Å². The molecule has 0 aliphatic carbocycles. The highest BCUT2D eigenvalue weighted by Crippen LogP contribution is 2.28. The number of primary amides is 1. The maximum absolute atomic E-state index is 12.3. The van der Waals surface area contributed by atoms with E-state index in [0.29, 0.717) is 5.56 Å². The summed E-state index contributed by atoms with van der Waals surface area (Å²) in [4.78, 5) is 36.1. The normalized spacial score (nSPS) is 10.3. The van der Waals surface area contributed by atoms with Crippen molar-refractivity contribution in [3.63, 3.8) is 0 Å². The van der Waals surface area contributed by atoms with E-state index in [1.165, 1.54) is 6.92 Å². The van der Waals surface area contributed by atoms with Crippen LogP contribution < -0.4 is 11.1 Å². The average Bonchev–Trinajstić information content (AvgIpc) is 2.83. The smallest absolute Gasteiger partial charge is 0.342 e. The zero-order valence-corrected chi connectivity index (χ0v) is 13.6. The van der Waals surface area contributed by atoms with Crippen molar-refractivity contribution in [2.75, 3.05) is 11.9 Å². The lowest BCUT2D eigenvalue weighted by Crippen LogP contribution is -2.20. The van der Waals surface area contributed by atoms with Crippen molar-refractivity contribution in [1.82, 2.24) is 0 Å². The first-order chi connectivity index (χ1) is 11.3. The van der Waals surface area contributed by atoms with Crippen LogP contribution in [0.5, 0.6) is 0 Å². The molecule has 1 aromatic carbocycles. The van der Waals surface area contributed by atoms with Crippen molar-refractivity contribution in [3.8, 4) is 0 Å². The van der Waals surface area contributed by atoms with Gasteiger partial charge in [-0.3, -0.25) is 14.9 Å². The first kappa shape index (κ1) is 17.3. The zero-order chi connectivity index (χ0) is 17.9. The fourth-order valence-corrected chi connectivity index (χ4v) is 2.28. The van der Waals surface area contributed by atoms with Crippen LogP contribution in [0.15, 0.2) is 28.7 Å².